The molecule has 29 heavy (non-hydrogen) atoms. The van der Waals surface area contributed by atoms with Gasteiger partial charge in [0.2, 0.25) is 0 Å². The molecule has 0 spiro atoms. The van der Waals surface area contributed by atoms with Crippen LogP contribution in [-0.4, -0.2) is 0 Å². The zero-order chi connectivity index (χ0) is 19.4. The van der Waals surface area contributed by atoms with Gasteiger partial charge in [0.25, 0.3) is 0 Å². The maximum atomic E-state index is 2.31. The Bertz CT molecular complexity index is 1470. The number of hydrogen-bond acceptors (Lipinski definition) is 0. The van der Waals surface area contributed by atoms with Crippen molar-refractivity contribution in [1.82, 2.24) is 0 Å². The van der Waals surface area contributed by atoms with Crippen molar-refractivity contribution in [3.8, 4) is 22.3 Å². The highest BCUT2D eigenvalue weighted by atomic mass is 14.2. The van der Waals surface area contributed by atoms with Crippen LogP contribution in [0.5, 0.6) is 0 Å². The quantitative estimate of drug-likeness (QED) is 0.270. The molecule has 6 aromatic rings. The van der Waals surface area contributed by atoms with E-state index in [0.717, 1.165) is 0 Å². The van der Waals surface area contributed by atoms with Crippen LogP contribution in [0.15, 0.2) is 103 Å². The summed E-state index contributed by atoms with van der Waals surface area (Å²) in [5, 5.41) is 8.00. The third-order valence-corrected chi connectivity index (χ3v) is 6.08. The van der Waals surface area contributed by atoms with E-state index in [1.165, 1.54) is 60.1 Å². The summed E-state index contributed by atoms with van der Waals surface area (Å²) >= 11 is 0. The Balaban J connectivity index is 1.73. The van der Waals surface area contributed by atoms with Gasteiger partial charge in [0.15, 0.2) is 0 Å². The molecule has 6 rings (SSSR count). The van der Waals surface area contributed by atoms with Gasteiger partial charge in [-0.15, -0.1) is 0 Å². The molecule has 0 heterocycles. The summed E-state index contributed by atoms with van der Waals surface area (Å²) in [6.45, 7) is 2.17. The number of benzene rings is 6. The summed E-state index contributed by atoms with van der Waals surface area (Å²) < 4.78 is 0. The number of rotatable bonds is 2. The smallest absolute Gasteiger partial charge is 0.00206 e. The van der Waals surface area contributed by atoms with Crippen LogP contribution in [0.2, 0.25) is 0 Å². The Morgan fingerprint density at radius 1 is 0.448 bits per heavy atom. The number of aryl methyl sites for hydroxylation is 1. The molecule has 0 amide bonds. The van der Waals surface area contributed by atoms with Crippen LogP contribution in [0, 0.1) is 6.92 Å². The van der Waals surface area contributed by atoms with Crippen LogP contribution in [0.3, 0.4) is 0 Å². The third-order valence-electron chi connectivity index (χ3n) is 6.08. The monoisotopic (exact) mass is 368 g/mol. The maximum absolute atomic E-state index is 2.31. The van der Waals surface area contributed by atoms with Crippen molar-refractivity contribution in [1.29, 1.82) is 0 Å². The first-order chi connectivity index (χ1) is 14.3. The third kappa shape index (κ3) is 2.46. The van der Waals surface area contributed by atoms with Crippen molar-refractivity contribution in [2.24, 2.45) is 0 Å². The fraction of sp³-hybridized carbons (Fsp3) is 0.0345. The Morgan fingerprint density at radius 2 is 1.10 bits per heavy atom. The first-order valence-electron chi connectivity index (χ1n) is 10.1. The minimum atomic E-state index is 1.26. The van der Waals surface area contributed by atoms with Gasteiger partial charge in [0, 0.05) is 0 Å². The largest absolute Gasteiger partial charge is 0.0622 e. The Morgan fingerprint density at radius 3 is 1.90 bits per heavy atom. The summed E-state index contributed by atoms with van der Waals surface area (Å²) in [6, 6.07) is 37.7. The summed E-state index contributed by atoms with van der Waals surface area (Å²) in [4.78, 5) is 0. The molecule has 0 radical (unpaired) electrons. The topological polar surface area (TPSA) is 0 Å². The van der Waals surface area contributed by atoms with Gasteiger partial charge in [0.05, 0.1) is 0 Å². The summed E-state index contributed by atoms with van der Waals surface area (Å²) in [5.41, 5.74) is 6.43. The van der Waals surface area contributed by atoms with Crippen molar-refractivity contribution in [2.45, 2.75) is 6.92 Å². The van der Waals surface area contributed by atoms with E-state index < -0.39 is 0 Å². The average molecular weight is 368 g/mol. The van der Waals surface area contributed by atoms with Gasteiger partial charge in [-0.05, 0) is 61.5 Å². The van der Waals surface area contributed by atoms with Gasteiger partial charge < -0.3 is 0 Å². The van der Waals surface area contributed by atoms with Crippen LogP contribution >= 0.6 is 0 Å². The molecule has 0 saturated heterocycles. The van der Waals surface area contributed by atoms with Crippen molar-refractivity contribution in [3.05, 3.63) is 109 Å². The Kier molecular flexibility index (Phi) is 3.48. The van der Waals surface area contributed by atoms with Gasteiger partial charge >= 0.3 is 0 Å². The van der Waals surface area contributed by atoms with Crippen molar-refractivity contribution >= 4 is 32.3 Å². The zero-order valence-electron chi connectivity index (χ0n) is 16.3. The molecular formula is C29H20. The van der Waals surface area contributed by atoms with E-state index >= 15 is 0 Å². The molecule has 0 bridgehead atoms. The van der Waals surface area contributed by atoms with Crippen LogP contribution < -0.4 is 0 Å². The lowest BCUT2D eigenvalue weighted by molar-refractivity contribution is 1.46. The van der Waals surface area contributed by atoms with Gasteiger partial charge in [-0.3, -0.25) is 0 Å². The second kappa shape index (κ2) is 6.18. The molecular weight excluding hydrogens is 348 g/mol. The minimum Gasteiger partial charge on any atom is -0.0622 e. The number of hydrogen-bond donors (Lipinski definition) is 0. The standard InChI is InChI=1S/C29H20/c1-19-10-15-25(27(18-19)20-6-3-2-4-7-20)24-16-13-23-12-11-21-8-5-9-22-14-17-26(24)29(23)28(21)22/h2-18H,1H3. The Labute approximate surface area is 170 Å². The molecule has 0 aliphatic heterocycles. The molecule has 0 heteroatoms. The van der Waals surface area contributed by atoms with Gasteiger partial charge in [-0.2, -0.15) is 0 Å². The van der Waals surface area contributed by atoms with E-state index in [4.69, 9.17) is 0 Å². The molecule has 0 unspecified atom stereocenters. The van der Waals surface area contributed by atoms with E-state index in [9.17, 15) is 0 Å². The van der Waals surface area contributed by atoms with Crippen LogP contribution in [0.25, 0.3) is 54.6 Å². The minimum absolute atomic E-state index is 1.26. The first-order valence-corrected chi connectivity index (χ1v) is 10.1. The van der Waals surface area contributed by atoms with E-state index in [1.54, 1.807) is 0 Å². The fourth-order valence-corrected chi connectivity index (χ4v) is 4.72. The van der Waals surface area contributed by atoms with Crippen molar-refractivity contribution in [3.63, 3.8) is 0 Å². The molecule has 0 fully saturated rings. The lowest BCUT2D eigenvalue weighted by atomic mass is 9.87. The first kappa shape index (κ1) is 16.3. The molecule has 0 N–H and O–H groups in total. The highest BCUT2D eigenvalue weighted by Crippen LogP contribution is 2.42. The lowest BCUT2D eigenvalue weighted by Gasteiger charge is -2.17. The maximum Gasteiger partial charge on any atom is -0.00206 e. The van der Waals surface area contributed by atoms with E-state index in [-0.39, 0.29) is 0 Å². The van der Waals surface area contributed by atoms with E-state index in [2.05, 4.69) is 110 Å². The van der Waals surface area contributed by atoms with Crippen LogP contribution in [0.4, 0.5) is 0 Å². The Hall–Kier alpha value is -3.64. The predicted molar refractivity (Wildman–Crippen MR) is 126 cm³/mol. The average Bonchev–Trinajstić information content (AvgIpc) is 2.78. The summed E-state index contributed by atoms with van der Waals surface area (Å²) in [6.07, 6.45) is 0. The van der Waals surface area contributed by atoms with Crippen LogP contribution in [0.1, 0.15) is 5.56 Å². The summed E-state index contributed by atoms with van der Waals surface area (Å²) in [7, 11) is 0. The molecule has 0 saturated carbocycles. The summed E-state index contributed by atoms with van der Waals surface area (Å²) in [5.74, 6) is 0. The van der Waals surface area contributed by atoms with Crippen LogP contribution in [-0.2, 0) is 0 Å². The van der Waals surface area contributed by atoms with Gasteiger partial charge in [-0.1, -0.05) is 109 Å². The van der Waals surface area contributed by atoms with Gasteiger partial charge in [-0.25, -0.2) is 0 Å². The SMILES string of the molecule is Cc1ccc(-c2ccc3ccc4cccc5ccc2c3c45)c(-c2ccccc2)c1. The zero-order valence-corrected chi connectivity index (χ0v) is 16.3. The molecule has 0 aromatic heterocycles. The molecule has 0 nitrogen and oxygen atoms in total. The van der Waals surface area contributed by atoms with Crippen molar-refractivity contribution in [2.75, 3.05) is 0 Å². The highest BCUT2D eigenvalue weighted by molar-refractivity contribution is 6.25. The van der Waals surface area contributed by atoms with E-state index in [1.807, 2.05) is 0 Å². The van der Waals surface area contributed by atoms with Gasteiger partial charge in [0.1, 0.15) is 0 Å². The van der Waals surface area contributed by atoms with Crippen molar-refractivity contribution < 1.29 is 0 Å². The molecule has 6 aromatic carbocycles. The second-order valence-electron chi connectivity index (χ2n) is 7.88. The lowest BCUT2D eigenvalue weighted by Crippen LogP contribution is -1.90. The predicted octanol–water partition coefficient (Wildman–Crippen LogP) is 8.23. The second-order valence-corrected chi connectivity index (χ2v) is 7.88. The fourth-order valence-electron chi connectivity index (χ4n) is 4.72. The molecule has 0 aliphatic rings. The van der Waals surface area contributed by atoms with E-state index in [0.29, 0.717) is 0 Å². The molecule has 0 atom stereocenters. The normalized spacial score (nSPS) is 11.6. The highest BCUT2D eigenvalue weighted by Gasteiger charge is 2.14. The molecule has 0 aliphatic carbocycles. The molecule has 136 valence electrons.